The predicted octanol–water partition coefficient (Wildman–Crippen LogP) is 2.57. The highest BCUT2D eigenvalue weighted by atomic mass is 32.2. The molecule has 0 amide bonds. The first-order valence-electron chi connectivity index (χ1n) is 9.81. The first-order chi connectivity index (χ1) is 14.9. The molecule has 1 saturated heterocycles. The number of nitrogens with zero attached hydrogens (tertiary/aromatic N) is 4. The van der Waals surface area contributed by atoms with Crippen molar-refractivity contribution in [2.75, 3.05) is 45.3 Å². The summed E-state index contributed by atoms with van der Waals surface area (Å²) >= 11 is 0. The van der Waals surface area contributed by atoms with E-state index in [2.05, 4.69) is 15.0 Å². The van der Waals surface area contributed by atoms with Gasteiger partial charge in [-0.25, -0.2) is 8.42 Å². The third kappa shape index (κ3) is 4.08. The zero-order chi connectivity index (χ0) is 22.0. The van der Waals surface area contributed by atoms with Crippen LogP contribution in [-0.2, 0) is 10.0 Å². The maximum Gasteiger partial charge on any atom is 0.243 e. The van der Waals surface area contributed by atoms with Crippen molar-refractivity contribution in [2.24, 2.45) is 0 Å². The summed E-state index contributed by atoms with van der Waals surface area (Å²) in [6, 6.07) is 12.4. The molecule has 0 aliphatic carbocycles. The lowest BCUT2D eigenvalue weighted by Gasteiger charge is -2.36. The minimum Gasteiger partial charge on any atom is -0.496 e. The van der Waals surface area contributed by atoms with Crippen molar-refractivity contribution in [3.8, 4) is 22.9 Å². The molecule has 10 heteroatoms. The van der Waals surface area contributed by atoms with Gasteiger partial charge < -0.3 is 18.9 Å². The number of sulfonamides is 1. The number of hydrogen-bond acceptors (Lipinski definition) is 8. The Bertz CT molecular complexity index is 1170. The molecule has 31 heavy (non-hydrogen) atoms. The summed E-state index contributed by atoms with van der Waals surface area (Å²) in [5.74, 6) is 1.92. The molecule has 1 aliphatic rings. The maximum absolute atomic E-state index is 13.3. The van der Waals surface area contributed by atoms with Gasteiger partial charge >= 0.3 is 0 Å². The normalized spacial score (nSPS) is 15.1. The van der Waals surface area contributed by atoms with E-state index >= 15 is 0 Å². The highest BCUT2D eigenvalue weighted by molar-refractivity contribution is 7.89. The SMILES string of the molecule is COc1ccc(S(=O)(=O)N2CCN(c3ccccc3OC)CC2)cc1-c1noc(C)n1. The van der Waals surface area contributed by atoms with Gasteiger partial charge in [-0.1, -0.05) is 17.3 Å². The first kappa shape index (κ1) is 21.1. The molecule has 0 atom stereocenters. The van der Waals surface area contributed by atoms with Gasteiger partial charge in [-0.2, -0.15) is 9.29 Å². The highest BCUT2D eigenvalue weighted by Crippen LogP contribution is 2.33. The van der Waals surface area contributed by atoms with Crippen molar-refractivity contribution in [1.82, 2.24) is 14.4 Å². The Kier molecular flexibility index (Phi) is 5.84. The van der Waals surface area contributed by atoms with Gasteiger partial charge in [0, 0.05) is 33.1 Å². The Morgan fingerprint density at radius 1 is 0.968 bits per heavy atom. The molecule has 3 aromatic rings. The first-order valence-corrected chi connectivity index (χ1v) is 11.2. The minimum absolute atomic E-state index is 0.163. The fourth-order valence-electron chi connectivity index (χ4n) is 3.64. The van der Waals surface area contributed by atoms with Gasteiger partial charge in [-0.3, -0.25) is 0 Å². The topological polar surface area (TPSA) is 98.0 Å². The van der Waals surface area contributed by atoms with E-state index in [0.717, 1.165) is 11.4 Å². The molecule has 0 saturated carbocycles. The zero-order valence-corrected chi connectivity index (χ0v) is 18.4. The summed E-state index contributed by atoms with van der Waals surface area (Å²) in [6.45, 7) is 3.52. The van der Waals surface area contributed by atoms with Gasteiger partial charge in [0.2, 0.25) is 21.7 Å². The Labute approximate surface area is 181 Å². The van der Waals surface area contributed by atoms with Crippen LogP contribution in [0.4, 0.5) is 5.69 Å². The molecule has 0 bridgehead atoms. The highest BCUT2D eigenvalue weighted by Gasteiger charge is 2.30. The summed E-state index contributed by atoms with van der Waals surface area (Å²) in [6.07, 6.45) is 0. The van der Waals surface area contributed by atoms with Crippen LogP contribution in [0.2, 0.25) is 0 Å². The molecule has 164 valence electrons. The van der Waals surface area contributed by atoms with Gasteiger partial charge in [0.15, 0.2) is 0 Å². The van der Waals surface area contributed by atoms with Crippen LogP contribution in [0.3, 0.4) is 0 Å². The number of rotatable bonds is 6. The fraction of sp³-hybridized carbons (Fsp3) is 0.333. The van der Waals surface area contributed by atoms with Crippen molar-refractivity contribution >= 4 is 15.7 Å². The van der Waals surface area contributed by atoms with Crippen LogP contribution in [0.1, 0.15) is 5.89 Å². The number of anilines is 1. The standard InChI is InChI=1S/C21H24N4O5S/c1-15-22-21(23-30-15)17-14-16(8-9-19(17)28-2)31(26,27)25-12-10-24(11-13-25)18-6-4-5-7-20(18)29-3/h4-9,14H,10-13H2,1-3H3. The van der Waals surface area contributed by atoms with Crippen LogP contribution in [0.25, 0.3) is 11.4 Å². The molecule has 0 radical (unpaired) electrons. The van der Waals surface area contributed by atoms with E-state index in [1.165, 1.54) is 23.5 Å². The molecule has 0 spiro atoms. The monoisotopic (exact) mass is 444 g/mol. The summed E-state index contributed by atoms with van der Waals surface area (Å²) in [7, 11) is -0.556. The van der Waals surface area contributed by atoms with Crippen LogP contribution in [-0.4, -0.2) is 63.3 Å². The molecular formula is C21H24N4O5S. The quantitative estimate of drug-likeness (QED) is 0.572. The second-order valence-corrected chi connectivity index (χ2v) is 9.00. The van der Waals surface area contributed by atoms with Crippen molar-refractivity contribution in [2.45, 2.75) is 11.8 Å². The van der Waals surface area contributed by atoms with Crippen LogP contribution in [0, 0.1) is 6.92 Å². The van der Waals surface area contributed by atoms with E-state index in [9.17, 15) is 8.42 Å². The Morgan fingerprint density at radius 3 is 2.32 bits per heavy atom. The lowest BCUT2D eigenvalue weighted by Crippen LogP contribution is -2.48. The summed E-state index contributed by atoms with van der Waals surface area (Å²) in [4.78, 5) is 6.50. The number of aromatic nitrogens is 2. The van der Waals surface area contributed by atoms with Crippen molar-refractivity contribution in [3.63, 3.8) is 0 Å². The number of hydrogen-bond donors (Lipinski definition) is 0. The number of aryl methyl sites for hydroxylation is 1. The number of para-hydroxylation sites is 2. The molecule has 0 N–H and O–H groups in total. The van der Waals surface area contributed by atoms with Crippen LogP contribution in [0.5, 0.6) is 11.5 Å². The molecule has 0 unspecified atom stereocenters. The molecule has 1 aliphatic heterocycles. The molecule has 1 aromatic heterocycles. The molecule has 2 heterocycles. The molecular weight excluding hydrogens is 420 g/mol. The molecule has 1 fully saturated rings. The number of piperazine rings is 1. The van der Waals surface area contributed by atoms with E-state index in [1.807, 2.05) is 24.3 Å². The lowest BCUT2D eigenvalue weighted by atomic mass is 10.2. The minimum atomic E-state index is -3.70. The van der Waals surface area contributed by atoms with Gasteiger partial charge in [0.05, 0.1) is 30.4 Å². The third-order valence-electron chi connectivity index (χ3n) is 5.24. The third-order valence-corrected chi connectivity index (χ3v) is 7.14. The van der Waals surface area contributed by atoms with Gasteiger partial charge in [0.25, 0.3) is 0 Å². The van der Waals surface area contributed by atoms with E-state index in [-0.39, 0.29) is 10.7 Å². The second kappa shape index (κ2) is 8.56. The van der Waals surface area contributed by atoms with E-state index in [0.29, 0.717) is 43.4 Å². The van der Waals surface area contributed by atoms with Crippen LogP contribution in [0.15, 0.2) is 51.9 Å². The number of benzene rings is 2. The van der Waals surface area contributed by atoms with Crippen molar-refractivity contribution < 1.29 is 22.4 Å². The lowest BCUT2D eigenvalue weighted by molar-refractivity contribution is 0.378. The van der Waals surface area contributed by atoms with Gasteiger partial charge in [-0.15, -0.1) is 0 Å². The molecule has 2 aromatic carbocycles. The van der Waals surface area contributed by atoms with Gasteiger partial charge in [-0.05, 0) is 30.3 Å². The van der Waals surface area contributed by atoms with Crippen molar-refractivity contribution in [1.29, 1.82) is 0 Å². The number of methoxy groups -OCH3 is 2. The van der Waals surface area contributed by atoms with Gasteiger partial charge in [0.1, 0.15) is 11.5 Å². The van der Waals surface area contributed by atoms with E-state index in [1.54, 1.807) is 20.1 Å². The van der Waals surface area contributed by atoms with Crippen LogP contribution < -0.4 is 14.4 Å². The Balaban J connectivity index is 1.57. The smallest absolute Gasteiger partial charge is 0.243 e. The Hall–Kier alpha value is -3.11. The van der Waals surface area contributed by atoms with Crippen molar-refractivity contribution in [3.05, 3.63) is 48.4 Å². The predicted molar refractivity (Wildman–Crippen MR) is 115 cm³/mol. The summed E-state index contributed by atoms with van der Waals surface area (Å²) < 4.78 is 44.0. The van der Waals surface area contributed by atoms with E-state index < -0.39 is 10.0 Å². The Morgan fingerprint density at radius 2 is 1.68 bits per heavy atom. The maximum atomic E-state index is 13.3. The fourth-order valence-corrected chi connectivity index (χ4v) is 5.09. The summed E-state index contributed by atoms with van der Waals surface area (Å²) in [5, 5.41) is 3.90. The van der Waals surface area contributed by atoms with E-state index in [4.69, 9.17) is 14.0 Å². The zero-order valence-electron chi connectivity index (χ0n) is 17.6. The van der Waals surface area contributed by atoms with Crippen LogP contribution >= 0.6 is 0 Å². The average Bonchev–Trinajstić information content (AvgIpc) is 3.24. The summed E-state index contributed by atoms with van der Waals surface area (Å²) in [5.41, 5.74) is 1.43. The molecule has 9 nitrogen and oxygen atoms in total. The largest absolute Gasteiger partial charge is 0.496 e. The molecule has 4 rings (SSSR count). The number of ether oxygens (including phenoxy) is 2. The average molecular weight is 445 g/mol. The second-order valence-electron chi connectivity index (χ2n) is 7.06.